The van der Waals surface area contributed by atoms with E-state index in [0.29, 0.717) is 11.6 Å². The smallest absolute Gasteiger partial charge is 0.249 e. The minimum atomic E-state index is -0.457. The van der Waals surface area contributed by atoms with Gasteiger partial charge in [0.1, 0.15) is 6.42 Å². The van der Waals surface area contributed by atoms with Crippen LogP contribution in [0.15, 0.2) is 47.6 Å². The number of nitrogens with one attached hydrogen (secondary N) is 2. The van der Waals surface area contributed by atoms with Gasteiger partial charge < -0.3 is 5.32 Å². The fraction of sp³-hybridized carbons (Fsp3) is 0.286. The van der Waals surface area contributed by atoms with E-state index >= 15 is 0 Å². The van der Waals surface area contributed by atoms with Gasteiger partial charge in [0.05, 0.1) is 6.21 Å². The molecule has 2 rings (SSSR count). The summed E-state index contributed by atoms with van der Waals surface area (Å²) in [6.45, 7) is 8.24. The van der Waals surface area contributed by atoms with Gasteiger partial charge in [-0.3, -0.25) is 9.59 Å². The zero-order valence-corrected chi connectivity index (χ0v) is 15.7. The predicted molar refractivity (Wildman–Crippen MR) is 105 cm³/mol. The Labute approximate surface area is 154 Å². The average Bonchev–Trinajstić information content (AvgIpc) is 2.58. The maximum atomic E-state index is 11.9. The molecule has 0 aliphatic heterocycles. The molecule has 2 aromatic rings. The lowest BCUT2D eigenvalue weighted by Crippen LogP contribution is -2.24. The second kappa shape index (κ2) is 8.94. The van der Waals surface area contributed by atoms with Gasteiger partial charge in [-0.25, -0.2) is 5.43 Å². The van der Waals surface area contributed by atoms with E-state index in [1.807, 2.05) is 56.3 Å². The number of anilines is 1. The van der Waals surface area contributed by atoms with E-state index in [1.165, 1.54) is 5.56 Å². The van der Waals surface area contributed by atoms with Crippen LogP contribution in [0.1, 0.15) is 48.4 Å². The number of benzene rings is 2. The molecule has 0 bridgehead atoms. The van der Waals surface area contributed by atoms with Crippen molar-refractivity contribution in [1.29, 1.82) is 0 Å². The molecule has 5 nitrogen and oxygen atoms in total. The topological polar surface area (TPSA) is 70.6 Å². The summed E-state index contributed by atoms with van der Waals surface area (Å²) < 4.78 is 0. The first kappa shape index (κ1) is 19.4. The molecular weight excluding hydrogens is 326 g/mol. The van der Waals surface area contributed by atoms with Crippen LogP contribution in [0.25, 0.3) is 0 Å². The highest BCUT2D eigenvalue weighted by Crippen LogP contribution is 2.15. The van der Waals surface area contributed by atoms with Crippen LogP contribution in [-0.4, -0.2) is 18.0 Å². The molecule has 0 aliphatic carbocycles. The molecule has 2 aromatic carbocycles. The summed E-state index contributed by atoms with van der Waals surface area (Å²) in [5, 5.41) is 6.61. The quantitative estimate of drug-likeness (QED) is 0.471. The molecule has 0 saturated heterocycles. The SMILES string of the molecule is Cc1ccc(NC(=O)CC(=O)NN=Cc2ccc(C(C)C)cc2)cc1C. The van der Waals surface area contributed by atoms with Crippen LogP contribution in [0.4, 0.5) is 5.69 Å². The van der Waals surface area contributed by atoms with Crippen molar-refractivity contribution in [2.24, 2.45) is 5.10 Å². The van der Waals surface area contributed by atoms with Crippen molar-refractivity contribution in [3.8, 4) is 0 Å². The highest BCUT2D eigenvalue weighted by molar-refractivity contribution is 6.03. The van der Waals surface area contributed by atoms with Gasteiger partial charge in [-0.1, -0.05) is 44.2 Å². The molecule has 0 spiro atoms. The maximum Gasteiger partial charge on any atom is 0.249 e. The number of rotatable bonds is 6. The first-order valence-electron chi connectivity index (χ1n) is 8.64. The van der Waals surface area contributed by atoms with Crippen molar-refractivity contribution >= 4 is 23.7 Å². The van der Waals surface area contributed by atoms with Crippen molar-refractivity contribution in [3.05, 3.63) is 64.7 Å². The number of hydrogen-bond donors (Lipinski definition) is 2. The molecule has 0 radical (unpaired) electrons. The van der Waals surface area contributed by atoms with Crippen LogP contribution in [0.3, 0.4) is 0 Å². The highest BCUT2D eigenvalue weighted by Gasteiger charge is 2.09. The van der Waals surface area contributed by atoms with Crippen LogP contribution in [0.2, 0.25) is 0 Å². The summed E-state index contributed by atoms with van der Waals surface area (Å²) >= 11 is 0. The van der Waals surface area contributed by atoms with Crippen molar-refractivity contribution in [3.63, 3.8) is 0 Å². The van der Waals surface area contributed by atoms with Gasteiger partial charge in [0, 0.05) is 5.69 Å². The molecule has 0 fully saturated rings. The van der Waals surface area contributed by atoms with Crippen LogP contribution in [0.5, 0.6) is 0 Å². The third-order valence-electron chi connectivity index (χ3n) is 4.12. The van der Waals surface area contributed by atoms with E-state index in [4.69, 9.17) is 0 Å². The Morgan fingerprint density at radius 1 is 1.00 bits per heavy atom. The van der Waals surface area contributed by atoms with Crippen LogP contribution < -0.4 is 10.7 Å². The summed E-state index contributed by atoms with van der Waals surface area (Å²) in [6.07, 6.45) is 1.28. The summed E-state index contributed by atoms with van der Waals surface area (Å²) in [4.78, 5) is 23.7. The summed E-state index contributed by atoms with van der Waals surface area (Å²) in [7, 11) is 0. The number of carbonyl (C=O) groups is 2. The van der Waals surface area contributed by atoms with E-state index in [2.05, 4.69) is 29.7 Å². The number of hydrogen-bond acceptors (Lipinski definition) is 3. The van der Waals surface area contributed by atoms with E-state index < -0.39 is 5.91 Å². The van der Waals surface area contributed by atoms with Crippen molar-refractivity contribution in [2.45, 2.75) is 40.0 Å². The Morgan fingerprint density at radius 2 is 1.69 bits per heavy atom. The van der Waals surface area contributed by atoms with Gasteiger partial charge in [-0.2, -0.15) is 5.10 Å². The lowest BCUT2D eigenvalue weighted by Gasteiger charge is -2.07. The van der Waals surface area contributed by atoms with Gasteiger partial charge in [0.2, 0.25) is 11.8 Å². The Morgan fingerprint density at radius 3 is 2.31 bits per heavy atom. The van der Waals surface area contributed by atoms with Gasteiger partial charge in [0.25, 0.3) is 0 Å². The van der Waals surface area contributed by atoms with Gasteiger partial charge in [0.15, 0.2) is 0 Å². The van der Waals surface area contributed by atoms with E-state index in [-0.39, 0.29) is 12.3 Å². The molecule has 0 atom stereocenters. The van der Waals surface area contributed by atoms with Gasteiger partial charge in [-0.15, -0.1) is 0 Å². The number of aryl methyl sites for hydroxylation is 2. The number of nitrogens with zero attached hydrogens (tertiary/aromatic N) is 1. The molecule has 0 aliphatic rings. The third-order valence-corrected chi connectivity index (χ3v) is 4.12. The van der Waals surface area contributed by atoms with E-state index in [9.17, 15) is 9.59 Å². The highest BCUT2D eigenvalue weighted by atomic mass is 16.2. The third kappa shape index (κ3) is 5.84. The molecule has 136 valence electrons. The monoisotopic (exact) mass is 351 g/mol. The largest absolute Gasteiger partial charge is 0.326 e. The molecule has 0 saturated carbocycles. The zero-order chi connectivity index (χ0) is 19.1. The lowest BCUT2D eigenvalue weighted by molar-refractivity contribution is -0.126. The Hall–Kier alpha value is -2.95. The first-order chi connectivity index (χ1) is 12.3. The Kier molecular flexibility index (Phi) is 6.67. The molecule has 2 amide bonds. The summed E-state index contributed by atoms with van der Waals surface area (Å²) in [6, 6.07) is 13.6. The number of amides is 2. The summed E-state index contributed by atoms with van der Waals surface area (Å²) in [5.74, 6) is -0.361. The molecular formula is C21H25N3O2. The normalized spacial score (nSPS) is 11.0. The molecule has 0 unspecified atom stereocenters. The van der Waals surface area contributed by atoms with Crippen molar-refractivity contribution in [1.82, 2.24) is 5.43 Å². The average molecular weight is 351 g/mol. The molecule has 26 heavy (non-hydrogen) atoms. The molecule has 0 aromatic heterocycles. The minimum Gasteiger partial charge on any atom is -0.326 e. The fourth-order valence-corrected chi connectivity index (χ4v) is 2.36. The van der Waals surface area contributed by atoms with Crippen LogP contribution in [-0.2, 0) is 9.59 Å². The number of carbonyl (C=O) groups excluding carboxylic acids is 2. The van der Waals surface area contributed by atoms with Gasteiger partial charge in [-0.05, 0) is 54.2 Å². The molecule has 0 heterocycles. The van der Waals surface area contributed by atoms with Crippen LogP contribution in [0, 0.1) is 13.8 Å². The fourth-order valence-electron chi connectivity index (χ4n) is 2.36. The van der Waals surface area contributed by atoms with E-state index in [0.717, 1.165) is 16.7 Å². The standard InChI is InChI=1S/C21H25N3O2/c1-14(2)18-8-6-17(7-9-18)13-22-24-21(26)12-20(25)23-19-10-5-15(3)16(4)11-19/h5-11,13-14H,12H2,1-4H3,(H,23,25)(H,24,26). The van der Waals surface area contributed by atoms with Crippen molar-refractivity contribution < 1.29 is 9.59 Å². The minimum absolute atomic E-state index is 0.281. The first-order valence-corrected chi connectivity index (χ1v) is 8.64. The second-order valence-corrected chi connectivity index (χ2v) is 6.64. The second-order valence-electron chi connectivity index (χ2n) is 6.64. The van der Waals surface area contributed by atoms with E-state index in [1.54, 1.807) is 6.21 Å². The molecule has 2 N–H and O–H groups in total. The summed E-state index contributed by atoms with van der Waals surface area (Å²) in [5.41, 5.74) is 7.42. The Bertz CT molecular complexity index is 809. The van der Waals surface area contributed by atoms with Crippen molar-refractivity contribution in [2.75, 3.05) is 5.32 Å². The maximum absolute atomic E-state index is 11.9. The molecule has 5 heteroatoms. The zero-order valence-electron chi connectivity index (χ0n) is 15.7. The predicted octanol–water partition coefficient (Wildman–Crippen LogP) is 3.91. The lowest BCUT2D eigenvalue weighted by atomic mass is 10.0. The van der Waals surface area contributed by atoms with Gasteiger partial charge >= 0.3 is 0 Å². The number of hydrazone groups is 1. The van der Waals surface area contributed by atoms with Crippen LogP contribution >= 0.6 is 0 Å². The Balaban J connectivity index is 1.82.